The zero-order chi connectivity index (χ0) is 12.8. The molecule has 1 aromatic rings. The number of methoxy groups -OCH3 is 1. The van der Waals surface area contributed by atoms with Crippen LogP contribution in [0.2, 0.25) is 0 Å². The van der Waals surface area contributed by atoms with Crippen molar-refractivity contribution in [2.24, 2.45) is 0 Å². The first kappa shape index (κ1) is 13.4. The normalized spacial score (nSPS) is 18.8. The van der Waals surface area contributed by atoms with Gasteiger partial charge >= 0.3 is 0 Å². The Bertz CT molecular complexity index is 332. The van der Waals surface area contributed by atoms with Crippen molar-refractivity contribution in [3.8, 4) is 0 Å². The van der Waals surface area contributed by atoms with Crippen molar-refractivity contribution in [2.45, 2.75) is 25.8 Å². The molecule has 3 heteroatoms. The van der Waals surface area contributed by atoms with Crippen LogP contribution in [0, 0.1) is 0 Å². The molecule has 0 amide bonds. The molecule has 1 aliphatic rings. The van der Waals surface area contributed by atoms with Crippen LogP contribution in [0.4, 0.5) is 5.69 Å². The Morgan fingerprint density at radius 1 is 1.39 bits per heavy atom. The van der Waals surface area contributed by atoms with E-state index in [1.54, 1.807) is 7.11 Å². The minimum absolute atomic E-state index is 0.514. The first-order valence-corrected chi connectivity index (χ1v) is 6.93. The van der Waals surface area contributed by atoms with Crippen LogP contribution in [0.15, 0.2) is 24.3 Å². The molecule has 0 aromatic heterocycles. The lowest BCUT2D eigenvalue weighted by Gasteiger charge is -2.36. The summed E-state index contributed by atoms with van der Waals surface area (Å²) in [7, 11) is 1.77. The van der Waals surface area contributed by atoms with Gasteiger partial charge in [0.15, 0.2) is 0 Å². The van der Waals surface area contributed by atoms with Gasteiger partial charge in [-0.3, -0.25) is 0 Å². The van der Waals surface area contributed by atoms with Crippen LogP contribution in [0.25, 0.3) is 0 Å². The van der Waals surface area contributed by atoms with Crippen molar-refractivity contribution in [3.63, 3.8) is 0 Å². The first-order chi connectivity index (χ1) is 8.86. The van der Waals surface area contributed by atoms with Crippen LogP contribution < -0.4 is 10.2 Å². The molecule has 1 atom stereocenters. The average Bonchev–Trinajstić information content (AvgIpc) is 2.43. The van der Waals surface area contributed by atoms with Gasteiger partial charge in [-0.15, -0.1) is 0 Å². The maximum atomic E-state index is 5.19. The summed E-state index contributed by atoms with van der Waals surface area (Å²) in [5.74, 6) is 0. The molecule has 1 aromatic carbocycles. The third-order valence-electron chi connectivity index (χ3n) is 3.55. The van der Waals surface area contributed by atoms with Crippen LogP contribution in [-0.2, 0) is 4.74 Å². The molecule has 1 aliphatic heterocycles. The highest BCUT2D eigenvalue weighted by Gasteiger charge is 2.23. The molecule has 0 saturated carbocycles. The number of nitrogens with one attached hydrogen (secondary N) is 1. The topological polar surface area (TPSA) is 24.5 Å². The van der Waals surface area contributed by atoms with Crippen molar-refractivity contribution < 1.29 is 4.74 Å². The molecule has 18 heavy (non-hydrogen) atoms. The molecule has 0 fully saturated rings. The van der Waals surface area contributed by atoms with Crippen molar-refractivity contribution >= 4 is 5.69 Å². The minimum atomic E-state index is 0.514. The van der Waals surface area contributed by atoms with Crippen LogP contribution in [0.3, 0.4) is 0 Å². The molecule has 0 radical (unpaired) electrons. The number of nitrogens with zero attached hydrogens (tertiary/aromatic N) is 1. The van der Waals surface area contributed by atoms with Gasteiger partial charge in [-0.2, -0.15) is 0 Å². The van der Waals surface area contributed by atoms with Gasteiger partial charge in [0.2, 0.25) is 0 Å². The zero-order valence-corrected chi connectivity index (χ0v) is 11.5. The maximum absolute atomic E-state index is 5.19. The summed E-state index contributed by atoms with van der Waals surface area (Å²) in [6, 6.07) is 9.26. The molecule has 100 valence electrons. The van der Waals surface area contributed by atoms with Gasteiger partial charge < -0.3 is 15.0 Å². The molecular formula is C15H24N2O. The average molecular weight is 248 g/mol. The van der Waals surface area contributed by atoms with E-state index in [1.165, 1.54) is 24.1 Å². The molecular weight excluding hydrogens is 224 g/mol. The molecule has 0 saturated heterocycles. The lowest BCUT2D eigenvalue weighted by Crippen LogP contribution is -2.37. The van der Waals surface area contributed by atoms with E-state index in [1.807, 2.05) is 0 Å². The Morgan fingerprint density at radius 3 is 3.00 bits per heavy atom. The van der Waals surface area contributed by atoms with Gasteiger partial charge in [0.05, 0.1) is 6.61 Å². The van der Waals surface area contributed by atoms with Crippen molar-refractivity contribution in [1.29, 1.82) is 0 Å². The lowest BCUT2D eigenvalue weighted by atomic mass is 9.96. The van der Waals surface area contributed by atoms with E-state index in [4.69, 9.17) is 4.74 Å². The third kappa shape index (κ3) is 3.03. The largest absolute Gasteiger partial charge is 0.383 e. The highest BCUT2D eigenvalue weighted by atomic mass is 16.5. The summed E-state index contributed by atoms with van der Waals surface area (Å²) in [5, 5.41) is 3.65. The molecule has 3 nitrogen and oxygen atoms in total. The second-order valence-corrected chi connectivity index (χ2v) is 4.83. The van der Waals surface area contributed by atoms with Gasteiger partial charge in [-0.1, -0.05) is 25.1 Å². The molecule has 1 N–H and O–H groups in total. The van der Waals surface area contributed by atoms with E-state index in [2.05, 4.69) is 41.4 Å². The van der Waals surface area contributed by atoms with Crippen molar-refractivity contribution in [3.05, 3.63) is 29.8 Å². The summed E-state index contributed by atoms with van der Waals surface area (Å²) in [6.45, 7) is 6.20. The molecule has 2 rings (SSSR count). The Hall–Kier alpha value is -1.06. The number of hydrogen-bond donors (Lipinski definition) is 1. The van der Waals surface area contributed by atoms with E-state index in [-0.39, 0.29) is 0 Å². The third-order valence-corrected chi connectivity index (χ3v) is 3.55. The van der Waals surface area contributed by atoms with Gasteiger partial charge in [0.1, 0.15) is 0 Å². The monoisotopic (exact) mass is 248 g/mol. The highest BCUT2D eigenvalue weighted by Crippen LogP contribution is 2.33. The van der Waals surface area contributed by atoms with E-state index >= 15 is 0 Å². The second-order valence-electron chi connectivity index (χ2n) is 4.83. The van der Waals surface area contributed by atoms with Gasteiger partial charge in [-0.05, 0) is 31.0 Å². The number of hydrogen-bond acceptors (Lipinski definition) is 3. The number of benzene rings is 1. The Morgan fingerprint density at radius 2 is 2.22 bits per heavy atom. The number of para-hydroxylation sites is 1. The number of rotatable bonds is 6. The van der Waals surface area contributed by atoms with Crippen molar-refractivity contribution in [2.75, 3.05) is 38.3 Å². The number of fused-ring (bicyclic) bond motifs is 1. The Labute approximate surface area is 110 Å². The fourth-order valence-corrected chi connectivity index (χ4v) is 2.60. The first-order valence-electron chi connectivity index (χ1n) is 6.93. The van der Waals surface area contributed by atoms with Crippen LogP contribution in [0.5, 0.6) is 0 Å². The summed E-state index contributed by atoms with van der Waals surface area (Å²) in [6.07, 6.45) is 2.37. The fraction of sp³-hybridized carbons (Fsp3) is 0.600. The predicted octanol–water partition coefficient (Wildman–Crippen LogP) is 2.58. The van der Waals surface area contributed by atoms with E-state index < -0.39 is 0 Å². The highest BCUT2D eigenvalue weighted by molar-refractivity contribution is 5.56. The van der Waals surface area contributed by atoms with Crippen molar-refractivity contribution in [1.82, 2.24) is 5.32 Å². The zero-order valence-electron chi connectivity index (χ0n) is 11.5. The quantitative estimate of drug-likeness (QED) is 0.837. The number of ether oxygens (including phenoxy) is 1. The summed E-state index contributed by atoms with van der Waals surface area (Å²) in [5.41, 5.74) is 2.81. The van der Waals surface area contributed by atoms with Crippen LogP contribution in [-0.4, -0.2) is 33.4 Å². The van der Waals surface area contributed by atoms with E-state index in [9.17, 15) is 0 Å². The molecule has 0 bridgehead atoms. The standard InChI is InChI=1S/C15H24N2O/c1-3-9-16-14-8-10-17(11-12-18-2)15-7-5-4-6-13(14)15/h4-7,14,16H,3,8-12H2,1-2H3. The second kappa shape index (κ2) is 6.76. The lowest BCUT2D eigenvalue weighted by molar-refractivity contribution is 0.204. The van der Waals surface area contributed by atoms with Crippen LogP contribution in [0.1, 0.15) is 31.4 Å². The minimum Gasteiger partial charge on any atom is -0.383 e. The van der Waals surface area contributed by atoms with E-state index in [0.717, 1.165) is 26.2 Å². The Kier molecular flexibility index (Phi) is 5.02. The summed E-state index contributed by atoms with van der Waals surface area (Å²) in [4.78, 5) is 2.43. The molecule has 0 spiro atoms. The molecule has 1 unspecified atom stereocenters. The fourth-order valence-electron chi connectivity index (χ4n) is 2.60. The Balaban J connectivity index is 2.12. The maximum Gasteiger partial charge on any atom is 0.0637 e. The molecule has 1 heterocycles. The molecule has 0 aliphatic carbocycles. The van der Waals surface area contributed by atoms with Gasteiger partial charge in [-0.25, -0.2) is 0 Å². The summed E-state index contributed by atoms with van der Waals surface area (Å²) < 4.78 is 5.19. The van der Waals surface area contributed by atoms with Crippen LogP contribution >= 0.6 is 0 Å². The van der Waals surface area contributed by atoms with Gasteiger partial charge in [0, 0.05) is 31.9 Å². The van der Waals surface area contributed by atoms with Gasteiger partial charge in [0.25, 0.3) is 0 Å². The predicted molar refractivity (Wildman–Crippen MR) is 76.2 cm³/mol. The van der Waals surface area contributed by atoms with E-state index in [0.29, 0.717) is 6.04 Å². The summed E-state index contributed by atoms with van der Waals surface area (Å²) >= 11 is 0. The smallest absolute Gasteiger partial charge is 0.0637 e. The SMILES string of the molecule is CCCNC1CCN(CCOC)c2ccccc21. The number of anilines is 1.